The van der Waals surface area contributed by atoms with Crippen LogP contribution in [-0.2, 0) is 6.54 Å². The summed E-state index contributed by atoms with van der Waals surface area (Å²) >= 11 is 6.02. The van der Waals surface area contributed by atoms with Gasteiger partial charge in [0.1, 0.15) is 5.82 Å². The van der Waals surface area contributed by atoms with Gasteiger partial charge in [-0.05, 0) is 42.9 Å². The van der Waals surface area contributed by atoms with Gasteiger partial charge in [-0.3, -0.25) is 0 Å². The van der Waals surface area contributed by atoms with Gasteiger partial charge in [-0.25, -0.2) is 4.39 Å². The smallest absolute Gasteiger partial charge is 0.124 e. The minimum Gasteiger partial charge on any atom is -0.310 e. The van der Waals surface area contributed by atoms with Crippen LogP contribution in [0.5, 0.6) is 0 Å². The van der Waals surface area contributed by atoms with Crippen LogP contribution >= 0.6 is 11.6 Å². The molecular weight excluding hydrogens is 249 g/mol. The molecular formula is C15H21ClFN. The van der Waals surface area contributed by atoms with Crippen LogP contribution in [0.3, 0.4) is 0 Å². The van der Waals surface area contributed by atoms with Gasteiger partial charge in [-0.2, -0.15) is 0 Å². The van der Waals surface area contributed by atoms with Crippen LogP contribution in [0, 0.1) is 11.7 Å². The molecule has 0 aromatic heterocycles. The van der Waals surface area contributed by atoms with Gasteiger partial charge in [0.15, 0.2) is 0 Å². The summed E-state index contributed by atoms with van der Waals surface area (Å²) in [6.45, 7) is 3.07. The van der Waals surface area contributed by atoms with Gasteiger partial charge in [0.25, 0.3) is 0 Å². The van der Waals surface area contributed by atoms with Crippen molar-refractivity contribution in [3.05, 3.63) is 34.6 Å². The van der Waals surface area contributed by atoms with E-state index in [-0.39, 0.29) is 5.82 Å². The third-order valence-corrected chi connectivity index (χ3v) is 4.21. The summed E-state index contributed by atoms with van der Waals surface area (Å²) in [5, 5.41) is 4.07. The molecule has 1 aromatic rings. The van der Waals surface area contributed by atoms with Crippen LogP contribution in [0.4, 0.5) is 4.39 Å². The molecule has 0 aliphatic heterocycles. The zero-order chi connectivity index (χ0) is 13.0. The number of hydrogen-bond acceptors (Lipinski definition) is 1. The molecule has 18 heavy (non-hydrogen) atoms. The standard InChI is InChI=1S/C15H21ClFN/c1-11-3-2-4-14(8-5-11)18-10-12-6-7-13(17)9-15(12)16/h6-7,9,11,14,18H,2-5,8,10H2,1H3. The molecule has 2 atom stereocenters. The van der Waals surface area contributed by atoms with Crippen molar-refractivity contribution in [2.24, 2.45) is 5.92 Å². The van der Waals surface area contributed by atoms with Gasteiger partial charge in [-0.15, -0.1) is 0 Å². The van der Waals surface area contributed by atoms with E-state index in [9.17, 15) is 4.39 Å². The Morgan fingerprint density at radius 3 is 2.89 bits per heavy atom. The van der Waals surface area contributed by atoms with E-state index in [1.54, 1.807) is 6.07 Å². The van der Waals surface area contributed by atoms with Crippen molar-refractivity contribution in [3.63, 3.8) is 0 Å². The summed E-state index contributed by atoms with van der Waals surface area (Å²) in [6.07, 6.45) is 6.42. The first-order valence-electron chi connectivity index (χ1n) is 6.82. The number of rotatable bonds is 3. The Hall–Kier alpha value is -0.600. The molecule has 0 radical (unpaired) electrons. The SMILES string of the molecule is CC1CCCC(NCc2ccc(F)cc2Cl)CC1. The Morgan fingerprint density at radius 1 is 1.28 bits per heavy atom. The lowest BCUT2D eigenvalue weighted by atomic mass is 10.0. The summed E-state index contributed by atoms with van der Waals surface area (Å²) in [7, 11) is 0. The maximum absolute atomic E-state index is 12.9. The highest BCUT2D eigenvalue weighted by atomic mass is 35.5. The second-order valence-electron chi connectivity index (χ2n) is 5.43. The van der Waals surface area contributed by atoms with Crippen molar-refractivity contribution in [1.82, 2.24) is 5.32 Å². The average Bonchev–Trinajstić information content (AvgIpc) is 2.53. The van der Waals surface area contributed by atoms with Crippen LogP contribution in [0.25, 0.3) is 0 Å². The minimum atomic E-state index is -0.271. The van der Waals surface area contributed by atoms with E-state index in [0.29, 0.717) is 11.1 Å². The first-order chi connectivity index (χ1) is 8.65. The largest absolute Gasteiger partial charge is 0.310 e. The van der Waals surface area contributed by atoms with Gasteiger partial charge >= 0.3 is 0 Å². The highest BCUT2D eigenvalue weighted by molar-refractivity contribution is 6.31. The fourth-order valence-corrected chi connectivity index (χ4v) is 2.84. The summed E-state index contributed by atoms with van der Waals surface area (Å²) in [5.74, 6) is 0.582. The lowest BCUT2D eigenvalue weighted by Gasteiger charge is -2.17. The molecule has 0 saturated heterocycles. The van der Waals surface area contributed by atoms with E-state index >= 15 is 0 Å². The van der Waals surface area contributed by atoms with E-state index in [4.69, 9.17) is 11.6 Å². The normalized spacial score (nSPS) is 24.8. The van der Waals surface area contributed by atoms with Crippen molar-refractivity contribution in [2.45, 2.75) is 51.6 Å². The lowest BCUT2D eigenvalue weighted by Crippen LogP contribution is -2.28. The summed E-state index contributed by atoms with van der Waals surface area (Å²) in [5.41, 5.74) is 0.982. The molecule has 100 valence electrons. The third-order valence-electron chi connectivity index (χ3n) is 3.85. The van der Waals surface area contributed by atoms with Gasteiger partial charge in [0.05, 0.1) is 0 Å². The quantitative estimate of drug-likeness (QED) is 0.795. The number of benzene rings is 1. The molecule has 1 fully saturated rings. The van der Waals surface area contributed by atoms with E-state index in [1.165, 1.54) is 44.2 Å². The van der Waals surface area contributed by atoms with Crippen molar-refractivity contribution in [3.8, 4) is 0 Å². The number of nitrogens with one attached hydrogen (secondary N) is 1. The Bertz CT molecular complexity index is 394. The molecule has 0 heterocycles. The van der Waals surface area contributed by atoms with Gasteiger partial charge in [0.2, 0.25) is 0 Å². The van der Waals surface area contributed by atoms with Gasteiger partial charge in [0, 0.05) is 17.6 Å². The molecule has 1 N–H and O–H groups in total. The molecule has 0 amide bonds. The first-order valence-corrected chi connectivity index (χ1v) is 7.20. The maximum atomic E-state index is 12.9. The highest BCUT2D eigenvalue weighted by Crippen LogP contribution is 2.23. The van der Waals surface area contributed by atoms with Crippen LogP contribution < -0.4 is 5.32 Å². The van der Waals surface area contributed by atoms with Crippen LogP contribution in [0.2, 0.25) is 5.02 Å². The third kappa shape index (κ3) is 3.96. The van der Waals surface area contributed by atoms with Crippen molar-refractivity contribution >= 4 is 11.6 Å². The zero-order valence-electron chi connectivity index (χ0n) is 10.9. The van der Waals surface area contributed by atoms with Crippen molar-refractivity contribution in [1.29, 1.82) is 0 Å². The lowest BCUT2D eigenvalue weighted by molar-refractivity contribution is 0.447. The molecule has 1 aliphatic rings. The summed E-state index contributed by atoms with van der Waals surface area (Å²) in [4.78, 5) is 0. The van der Waals surface area contributed by atoms with E-state index < -0.39 is 0 Å². The van der Waals surface area contributed by atoms with Gasteiger partial charge < -0.3 is 5.32 Å². The number of halogens is 2. The molecule has 0 spiro atoms. The molecule has 1 nitrogen and oxygen atoms in total. The fraction of sp³-hybridized carbons (Fsp3) is 0.600. The number of hydrogen-bond donors (Lipinski definition) is 1. The molecule has 0 bridgehead atoms. The molecule has 2 rings (SSSR count). The second-order valence-corrected chi connectivity index (χ2v) is 5.83. The van der Waals surface area contributed by atoms with E-state index in [1.807, 2.05) is 0 Å². The Morgan fingerprint density at radius 2 is 2.11 bits per heavy atom. The summed E-state index contributed by atoms with van der Waals surface area (Å²) in [6, 6.07) is 5.20. The topological polar surface area (TPSA) is 12.0 Å². The Balaban J connectivity index is 1.87. The zero-order valence-corrected chi connectivity index (χ0v) is 11.6. The van der Waals surface area contributed by atoms with E-state index in [0.717, 1.165) is 18.0 Å². The minimum absolute atomic E-state index is 0.271. The molecule has 2 unspecified atom stereocenters. The molecule has 1 aliphatic carbocycles. The predicted molar refractivity (Wildman–Crippen MR) is 74.3 cm³/mol. The Labute approximate surface area is 114 Å². The summed E-state index contributed by atoms with van der Waals surface area (Å²) < 4.78 is 12.9. The molecule has 3 heteroatoms. The molecule has 1 aromatic carbocycles. The predicted octanol–water partition coefficient (Wildman–Crippen LogP) is 4.54. The molecule has 1 saturated carbocycles. The average molecular weight is 270 g/mol. The van der Waals surface area contributed by atoms with Crippen LogP contribution in [0.1, 0.15) is 44.6 Å². The van der Waals surface area contributed by atoms with Crippen molar-refractivity contribution in [2.75, 3.05) is 0 Å². The highest BCUT2D eigenvalue weighted by Gasteiger charge is 2.15. The fourth-order valence-electron chi connectivity index (χ4n) is 2.61. The maximum Gasteiger partial charge on any atom is 0.124 e. The second kappa shape index (κ2) is 6.53. The van der Waals surface area contributed by atoms with E-state index in [2.05, 4.69) is 12.2 Å². The van der Waals surface area contributed by atoms with Gasteiger partial charge in [-0.1, -0.05) is 37.4 Å². The monoisotopic (exact) mass is 269 g/mol. The van der Waals surface area contributed by atoms with Crippen LogP contribution in [0.15, 0.2) is 18.2 Å². The Kier molecular flexibility index (Phi) is 5.02. The first kappa shape index (κ1) is 13.8. The van der Waals surface area contributed by atoms with Crippen molar-refractivity contribution < 1.29 is 4.39 Å². The van der Waals surface area contributed by atoms with Crippen LogP contribution in [-0.4, -0.2) is 6.04 Å².